The van der Waals surface area contributed by atoms with Crippen LogP contribution in [0.3, 0.4) is 0 Å². The molecule has 1 N–H and O–H groups in total. The van der Waals surface area contributed by atoms with Gasteiger partial charge in [-0.25, -0.2) is 0 Å². The van der Waals surface area contributed by atoms with Gasteiger partial charge in [-0.15, -0.1) is 0 Å². The smallest absolute Gasteiger partial charge is 0.227 e. The molecule has 2 unspecified atom stereocenters. The van der Waals surface area contributed by atoms with Crippen LogP contribution in [0.25, 0.3) is 0 Å². The third-order valence-corrected chi connectivity index (χ3v) is 5.52. The van der Waals surface area contributed by atoms with Gasteiger partial charge in [0.05, 0.1) is 5.92 Å². The highest BCUT2D eigenvalue weighted by Gasteiger charge is 2.32. The van der Waals surface area contributed by atoms with Crippen molar-refractivity contribution in [2.75, 3.05) is 26.2 Å². The van der Waals surface area contributed by atoms with E-state index in [9.17, 15) is 9.59 Å². The van der Waals surface area contributed by atoms with E-state index in [-0.39, 0.29) is 23.8 Å². The van der Waals surface area contributed by atoms with Gasteiger partial charge in [-0.1, -0.05) is 37.3 Å². The quantitative estimate of drug-likeness (QED) is 0.880. The summed E-state index contributed by atoms with van der Waals surface area (Å²) in [5.41, 5.74) is 1.31. The van der Waals surface area contributed by atoms with Crippen LogP contribution in [0.2, 0.25) is 0 Å². The minimum atomic E-state index is 0.0796. The average Bonchev–Trinajstić information content (AvgIpc) is 2.68. The van der Waals surface area contributed by atoms with Gasteiger partial charge in [0.15, 0.2) is 0 Å². The van der Waals surface area contributed by atoms with Crippen LogP contribution in [-0.2, 0) is 16.1 Å². The molecule has 5 nitrogen and oxygen atoms in total. The van der Waals surface area contributed by atoms with Gasteiger partial charge in [-0.05, 0) is 37.8 Å². The second-order valence-corrected chi connectivity index (χ2v) is 7.60. The number of carbonyl (C=O) groups excluding carboxylic acids is 2. The molecule has 0 radical (unpaired) electrons. The molecule has 0 saturated carbocycles. The molecule has 0 aliphatic carbocycles. The Morgan fingerprint density at radius 3 is 2.62 bits per heavy atom. The largest absolute Gasteiger partial charge is 0.352 e. The zero-order chi connectivity index (χ0) is 18.4. The molecule has 0 aromatic heterocycles. The maximum atomic E-state index is 13.0. The van der Waals surface area contributed by atoms with E-state index in [4.69, 9.17) is 0 Å². The molecule has 2 saturated heterocycles. The summed E-state index contributed by atoms with van der Waals surface area (Å²) in [7, 11) is 0. The molecule has 0 bridgehead atoms. The minimum Gasteiger partial charge on any atom is -0.352 e. The molecule has 2 atom stereocenters. The van der Waals surface area contributed by atoms with E-state index in [0.29, 0.717) is 13.0 Å². The number of rotatable bonds is 5. The van der Waals surface area contributed by atoms with Crippen LogP contribution in [0.15, 0.2) is 30.3 Å². The summed E-state index contributed by atoms with van der Waals surface area (Å²) < 4.78 is 0. The molecule has 1 aromatic rings. The van der Waals surface area contributed by atoms with Gasteiger partial charge < -0.3 is 10.2 Å². The summed E-state index contributed by atoms with van der Waals surface area (Å²) in [5, 5.41) is 3.05. The van der Waals surface area contributed by atoms with E-state index in [1.165, 1.54) is 5.56 Å². The molecule has 142 valence electrons. The van der Waals surface area contributed by atoms with E-state index in [0.717, 1.165) is 51.9 Å². The maximum Gasteiger partial charge on any atom is 0.227 e. The van der Waals surface area contributed by atoms with Gasteiger partial charge in [0.25, 0.3) is 0 Å². The number of amides is 2. The SMILES string of the molecule is CCC(=O)NC1CCCN(C(=O)C2CCCN(Cc3ccccc3)C2)C1. The maximum absolute atomic E-state index is 13.0. The standard InChI is InChI=1S/C21H31N3O2/c1-2-20(25)22-19-11-7-13-24(16-19)21(26)18-10-6-12-23(15-18)14-17-8-4-3-5-9-17/h3-5,8-9,18-19H,2,6-7,10-16H2,1H3,(H,22,25). The Kier molecular flexibility index (Phi) is 6.67. The lowest BCUT2D eigenvalue weighted by atomic mass is 9.94. The van der Waals surface area contributed by atoms with E-state index >= 15 is 0 Å². The zero-order valence-electron chi connectivity index (χ0n) is 15.8. The Labute approximate surface area is 156 Å². The third kappa shape index (κ3) is 5.07. The molecule has 26 heavy (non-hydrogen) atoms. The van der Waals surface area contributed by atoms with Crippen molar-refractivity contribution in [1.29, 1.82) is 0 Å². The van der Waals surface area contributed by atoms with E-state index in [1.807, 2.05) is 17.9 Å². The Bertz CT molecular complexity index is 605. The molecule has 2 aliphatic rings. The average molecular weight is 357 g/mol. The molecular weight excluding hydrogens is 326 g/mol. The normalized spacial score (nSPS) is 24.3. The number of nitrogens with one attached hydrogen (secondary N) is 1. The number of likely N-dealkylation sites (tertiary alicyclic amines) is 2. The van der Waals surface area contributed by atoms with Gasteiger partial charge in [0.1, 0.15) is 0 Å². The van der Waals surface area contributed by atoms with Crippen molar-refractivity contribution in [1.82, 2.24) is 15.1 Å². The van der Waals surface area contributed by atoms with Crippen LogP contribution in [0.1, 0.15) is 44.6 Å². The third-order valence-electron chi connectivity index (χ3n) is 5.52. The second-order valence-electron chi connectivity index (χ2n) is 7.60. The number of carbonyl (C=O) groups is 2. The van der Waals surface area contributed by atoms with Gasteiger partial charge in [0, 0.05) is 38.6 Å². The predicted octanol–water partition coefficient (Wildman–Crippen LogP) is 2.42. The number of nitrogens with zero attached hydrogens (tertiary/aromatic N) is 2. The fourth-order valence-corrected chi connectivity index (χ4v) is 4.13. The molecule has 2 aliphatic heterocycles. The number of hydrogen-bond acceptors (Lipinski definition) is 3. The predicted molar refractivity (Wildman–Crippen MR) is 102 cm³/mol. The summed E-state index contributed by atoms with van der Waals surface area (Å²) in [6.45, 7) is 6.18. The summed E-state index contributed by atoms with van der Waals surface area (Å²) in [5.74, 6) is 0.447. The van der Waals surface area contributed by atoms with Crippen LogP contribution in [0, 0.1) is 5.92 Å². The zero-order valence-corrected chi connectivity index (χ0v) is 15.8. The lowest BCUT2D eigenvalue weighted by Gasteiger charge is -2.38. The molecule has 3 rings (SSSR count). The van der Waals surface area contributed by atoms with Crippen molar-refractivity contribution in [2.45, 2.75) is 51.6 Å². The first-order valence-corrected chi connectivity index (χ1v) is 10.00. The summed E-state index contributed by atoms with van der Waals surface area (Å²) in [6.07, 6.45) is 4.50. The van der Waals surface area contributed by atoms with Gasteiger partial charge >= 0.3 is 0 Å². The van der Waals surface area contributed by atoms with Crippen molar-refractivity contribution in [3.63, 3.8) is 0 Å². The number of hydrogen-bond donors (Lipinski definition) is 1. The van der Waals surface area contributed by atoms with Crippen molar-refractivity contribution >= 4 is 11.8 Å². The Morgan fingerprint density at radius 2 is 1.85 bits per heavy atom. The van der Waals surface area contributed by atoms with Crippen molar-refractivity contribution in [3.05, 3.63) is 35.9 Å². The molecule has 1 aromatic carbocycles. The molecule has 2 fully saturated rings. The summed E-state index contributed by atoms with van der Waals surface area (Å²) in [4.78, 5) is 29.1. The topological polar surface area (TPSA) is 52.7 Å². The number of piperidine rings is 2. The Hall–Kier alpha value is -1.88. The Balaban J connectivity index is 1.54. The van der Waals surface area contributed by atoms with E-state index in [2.05, 4.69) is 34.5 Å². The fourth-order valence-electron chi connectivity index (χ4n) is 4.13. The van der Waals surface area contributed by atoms with Crippen LogP contribution in [0.4, 0.5) is 0 Å². The summed E-state index contributed by atoms with van der Waals surface area (Å²) >= 11 is 0. The molecular formula is C21H31N3O2. The highest BCUT2D eigenvalue weighted by Crippen LogP contribution is 2.22. The van der Waals surface area contributed by atoms with Crippen LogP contribution in [0.5, 0.6) is 0 Å². The van der Waals surface area contributed by atoms with Crippen LogP contribution in [-0.4, -0.2) is 53.8 Å². The lowest BCUT2D eigenvalue weighted by Crippen LogP contribution is -2.52. The number of benzene rings is 1. The summed E-state index contributed by atoms with van der Waals surface area (Å²) in [6, 6.07) is 10.6. The monoisotopic (exact) mass is 357 g/mol. The second kappa shape index (κ2) is 9.17. The fraction of sp³-hybridized carbons (Fsp3) is 0.619. The molecule has 2 heterocycles. The van der Waals surface area contributed by atoms with Crippen molar-refractivity contribution in [3.8, 4) is 0 Å². The highest BCUT2D eigenvalue weighted by molar-refractivity contribution is 5.80. The van der Waals surface area contributed by atoms with E-state index < -0.39 is 0 Å². The first-order chi connectivity index (χ1) is 12.7. The first kappa shape index (κ1) is 18.9. The molecule has 5 heteroatoms. The highest BCUT2D eigenvalue weighted by atomic mass is 16.2. The molecule has 2 amide bonds. The van der Waals surface area contributed by atoms with Gasteiger partial charge in [0.2, 0.25) is 11.8 Å². The van der Waals surface area contributed by atoms with Gasteiger partial charge in [-0.3, -0.25) is 14.5 Å². The Morgan fingerprint density at radius 1 is 1.08 bits per heavy atom. The van der Waals surface area contributed by atoms with Crippen LogP contribution < -0.4 is 5.32 Å². The molecule has 0 spiro atoms. The first-order valence-electron chi connectivity index (χ1n) is 10.00. The van der Waals surface area contributed by atoms with Crippen molar-refractivity contribution in [2.24, 2.45) is 5.92 Å². The van der Waals surface area contributed by atoms with Crippen molar-refractivity contribution < 1.29 is 9.59 Å². The van der Waals surface area contributed by atoms with E-state index in [1.54, 1.807) is 0 Å². The van der Waals surface area contributed by atoms with Crippen LogP contribution >= 0.6 is 0 Å². The minimum absolute atomic E-state index is 0.0796. The van der Waals surface area contributed by atoms with Gasteiger partial charge in [-0.2, -0.15) is 0 Å². The lowest BCUT2D eigenvalue weighted by molar-refractivity contribution is -0.139.